The van der Waals surface area contributed by atoms with Gasteiger partial charge >= 0.3 is 5.76 Å². The summed E-state index contributed by atoms with van der Waals surface area (Å²) in [5, 5.41) is 2.47. The second kappa shape index (κ2) is 9.49. The second-order valence-corrected chi connectivity index (χ2v) is 9.22. The molecule has 172 valence electrons. The fourth-order valence-corrected chi connectivity index (χ4v) is 4.48. The van der Waals surface area contributed by atoms with Gasteiger partial charge in [-0.05, 0) is 24.3 Å². The van der Waals surface area contributed by atoms with Crippen LogP contribution in [-0.4, -0.2) is 56.2 Å². The Morgan fingerprint density at radius 2 is 1.45 bits per heavy atom. The number of halogens is 2. The molecule has 1 aliphatic rings. The number of sulfone groups is 1. The number of alkyl halides is 2. The van der Waals surface area contributed by atoms with E-state index in [-0.39, 0.29) is 11.3 Å². The minimum absolute atomic E-state index is 0.218. The summed E-state index contributed by atoms with van der Waals surface area (Å²) in [5.41, 5.74) is 1.00. The predicted octanol–water partition coefficient (Wildman–Crippen LogP) is 3.05. The summed E-state index contributed by atoms with van der Waals surface area (Å²) >= 11 is 0. The third-order valence-corrected chi connectivity index (χ3v) is 6.69. The van der Waals surface area contributed by atoms with Crippen LogP contribution < -0.4 is 15.1 Å². The number of anilines is 3. The van der Waals surface area contributed by atoms with Crippen LogP contribution >= 0.6 is 0 Å². The molecule has 8 nitrogen and oxygen atoms in total. The van der Waals surface area contributed by atoms with E-state index in [0.29, 0.717) is 5.95 Å². The van der Waals surface area contributed by atoms with E-state index in [1.165, 1.54) is 30.6 Å². The first-order chi connectivity index (χ1) is 15.9. The highest BCUT2D eigenvalue weighted by molar-refractivity contribution is 7.91. The zero-order valence-corrected chi connectivity index (χ0v) is 18.3. The van der Waals surface area contributed by atoms with E-state index >= 15 is 0 Å². The molecular weight excluding hydrogens is 452 g/mol. The number of amides is 1. The number of aromatic nitrogens is 2. The van der Waals surface area contributed by atoms with Crippen molar-refractivity contribution in [2.45, 2.75) is 10.7 Å². The third-order valence-electron chi connectivity index (χ3n) is 5.25. The number of carbonyl (C=O) groups excluding carboxylic acids is 1. The Bertz CT molecular complexity index is 1220. The maximum atomic E-state index is 13.0. The van der Waals surface area contributed by atoms with Crippen molar-refractivity contribution >= 4 is 33.1 Å². The van der Waals surface area contributed by atoms with Gasteiger partial charge in [-0.15, -0.1) is 0 Å². The van der Waals surface area contributed by atoms with Crippen LogP contribution in [0.5, 0.6) is 0 Å². The number of benzene rings is 2. The summed E-state index contributed by atoms with van der Waals surface area (Å²) in [7, 11) is -4.93. The molecular formula is C22H21F2N5O3S. The molecule has 0 spiro atoms. The Balaban J connectivity index is 1.42. The quantitative estimate of drug-likeness (QED) is 0.588. The lowest BCUT2D eigenvalue weighted by Gasteiger charge is -2.36. The highest BCUT2D eigenvalue weighted by atomic mass is 32.2. The molecule has 0 bridgehead atoms. The molecule has 4 rings (SSSR count). The van der Waals surface area contributed by atoms with Crippen molar-refractivity contribution in [3.8, 4) is 0 Å². The Morgan fingerprint density at radius 1 is 0.879 bits per heavy atom. The highest BCUT2D eigenvalue weighted by Gasteiger charge is 2.31. The molecule has 1 aliphatic heterocycles. The minimum Gasteiger partial charge on any atom is -0.368 e. The van der Waals surface area contributed by atoms with Gasteiger partial charge in [0.05, 0.1) is 28.5 Å². The standard InChI is InChI=1S/C22H21F2N5O3S/c23-21(24)33(31,32)19-9-5-4-8-18(19)20(30)27-16-14-25-22(26-15-16)29-12-10-28(11-13-29)17-6-2-1-3-7-17/h1-9,14-15,21H,10-13H2,(H,27,30). The molecule has 0 radical (unpaired) electrons. The Morgan fingerprint density at radius 3 is 2.09 bits per heavy atom. The molecule has 1 fully saturated rings. The molecule has 0 saturated carbocycles. The average Bonchev–Trinajstić information content (AvgIpc) is 2.85. The fraction of sp³-hybridized carbons (Fsp3) is 0.227. The van der Waals surface area contributed by atoms with Crippen LogP contribution in [0.4, 0.5) is 26.1 Å². The van der Waals surface area contributed by atoms with Gasteiger partial charge in [0.25, 0.3) is 5.91 Å². The fourth-order valence-electron chi connectivity index (χ4n) is 3.55. The van der Waals surface area contributed by atoms with Gasteiger partial charge in [-0.25, -0.2) is 18.4 Å². The van der Waals surface area contributed by atoms with Crippen LogP contribution in [-0.2, 0) is 9.84 Å². The summed E-state index contributed by atoms with van der Waals surface area (Å²) in [5.74, 6) is -3.97. The molecule has 1 saturated heterocycles. The molecule has 0 aliphatic carbocycles. The number of rotatable bonds is 6. The topological polar surface area (TPSA) is 95.5 Å². The SMILES string of the molecule is O=C(Nc1cnc(N2CCN(c3ccccc3)CC2)nc1)c1ccccc1S(=O)(=O)C(F)F. The van der Waals surface area contributed by atoms with Gasteiger partial charge in [0.2, 0.25) is 15.8 Å². The van der Waals surface area contributed by atoms with E-state index in [1.807, 2.05) is 23.1 Å². The van der Waals surface area contributed by atoms with Crippen molar-refractivity contribution in [3.05, 3.63) is 72.6 Å². The van der Waals surface area contributed by atoms with Crippen LogP contribution in [0, 0.1) is 0 Å². The van der Waals surface area contributed by atoms with Crippen LogP contribution in [0.1, 0.15) is 10.4 Å². The first kappa shape index (κ1) is 22.6. The average molecular weight is 474 g/mol. The summed E-state index contributed by atoms with van der Waals surface area (Å²) < 4.78 is 49.7. The van der Waals surface area contributed by atoms with Gasteiger partial charge in [0, 0.05) is 31.9 Å². The highest BCUT2D eigenvalue weighted by Crippen LogP contribution is 2.23. The number of hydrogen-bond donors (Lipinski definition) is 1. The minimum atomic E-state index is -4.93. The maximum Gasteiger partial charge on any atom is 0.341 e. The number of carbonyl (C=O) groups is 1. The van der Waals surface area contributed by atoms with Crippen molar-refractivity contribution in [2.75, 3.05) is 41.3 Å². The zero-order chi connectivity index (χ0) is 23.4. The van der Waals surface area contributed by atoms with E-state index in [9.17, 15) is 22.0 Å². The summed E-state index contributed by atoms with van der Waals surface area (Å²) in [6.45, 7) is 3.06. The Labute approximate surface area is 189 Å². The summed E-state index contributed by atoms with van der Waals surface area (Å²) in [4.78, 5) is 24.7. The Hall–Kier alpha value is -3.60. The number of hydrogen-bond acceptors (Lipinski definition) is 7. The van der Waals surface area contributed by atoms with Gasteiger partial charge in [-0.3, -0.25) is 4.79 Å². The van der Waals surface area contributed by atoms with Gasteiger partial charge in [-0.1, -0.05) is 30.3 Å². The molecule has 0 unspecified atom stereocenters. The summed E-state index contributed by atoms with van der Waals surface area (Å²) in [6.07, 6.45) is 2.79. The lowest BCUT2D eigenvalue weighted by Crippen LogP contribution is -2.47. The van der Waals surface area contributed by atoms with Crippen molar-refractivity contribution in [3.63, 3.8) is 0 Å². The van der Waals surface area contributed by atoms with Gasteiger partial charge in [0.1, 0.15) is 0 Å². The molecule has 33 heavy (non-hydrogen) atoms. The number of nitrogens with zero attached hydrogens (tertiary/aromatic N) is 4. The molecule has 11 heteroatoms. The molecule has 0 atom stereocenters. The smallest absolute Gasteiger partial charge is 0.341 e. The molecule has 2 heterocycles. The maximum absolute atomic E-state index is 13.0. The lowest BCUT2D eigenvalue weighted by atomic mass is 10.2. The molecule has 2 aromatic carbocycles. The largest absolute Gasteiger partial charge is 0.368 e. The van der Waals surface area contributed by atoms with E-state index in [1.54, 1.807) is 0 Å². The molecule has 1 amide bonds. The van der Waals surface area contributed by atoms with Gasteiger partial charge < -0.3 is 15.1 Å². The van der Waals surface area contributed by atoms with Crippen LogP contribution in [0.2, 0.25) is 0 Å². The molecule has 1 aromatic heterocycles. The third kappa shape index (κ3) is 4.92. The van der Waals surface area contributed by atoms with Gasteiger partial charge in [-0.2, -0.15) is 8.78 Å². The first-order valence-electron chi connectivity index (χ1n) is 10.2. The molecule has 1 N–H and O–H groups in total. The zero-order valence-electron chi connectivity index (χ0n) is 17.4. The number of piperazine rings is 1. The van der Waals surface area contributed by atoms with Crippen LogP contribution in [0.25, 0.3) is 0 Å². The molecule has 3 aromatic rings. The van der Waals surface area contributed by atoms with Crippen LogP contribution in [0.3, 0.4) is 0 Å². The van der Waals surface area contributed by atoms with Gasteiger partial charge in [0.15, 0.2) is 0 Å². The monoisotopic (exact) mass is 473 g/mol. The van der Waals surface area contributed by atoms with E-state index in [0.717, 1.165) is 37.9 Å². The van der Waals surface area contributed by atoms with Crippen molar-refractivity contribution in [2.24, 2.45) is 0 Å². The predicted molar refractivity (Wildman–Crippen MR) is 120 cm³/mol. The van der Waals surface area contributed by atoms with Crippen molar-refractivity contribution < 1.29 is 22.0 Å². The lowest BCUT2D eigenvalue weighted by molar-refractivity contribution is 0.102. The summed E-state index contributed by atoms with van der Waals surface area (Å²) in [6, 6.07) is 14.9. The normalized spacial score (nSPS) is 14.4. The van der Waals surface area contributed by atoms with Crippen molar-refractivity contribution in [1.29, 1.82) is 0 Å². The van der Waals surface area contributed by atoms with Crippen LogP contribution in [0.15, 0.2) is 71.9 Å². The number of nitrogens with one attached hydrogen (secondary N) is 1. The van der Waals surface area contributed by atoms with E-state index in [4.69, 9.17) is 0 Å². The Kier molecular flexibility index (Phi) is 6.50. The van der Waals surface area contributed by atoms with E-state index in [2.05, 4.69) is 32.3 Å². The van der Waals surface area contributed by atoms with E-state index < -0.39 is 26.4 Å². The second-order valence-electron chi connectivity index (χ2n) is 7.34. The number of para-hydroxylation sites is 1. The first-order valence-corrected chi connectivity index (χ1v) is 11.7. The van der Waals surface area contributed by atoms with Crippen molar-refractivity contribution in [1.82, 2.24) is 9.97 Å².